The first-order valence-electron chi connectivity index (χ1n) is 5.72. The smallest absolute Gasteiger partial charge is 0.404 e. The molecular formula is C11H17N3O4S. The summed E-state index contributed by atoms with van der Waals surface area (Å²) in [6, 6.07) is 6.47. The lowest BCUT2D eigenvalue weighted by Gasteiger charge is -2.12. The van der Waals surface area contributed by atoms with E-state index in [1.807, 2.05) is 0 Å². The second-order valence-corrected chi connectivity index (χ2v) is 5.33. The van der Waals surface area contributed by atoms with Crippen molar-refractivity contribution in [2.24, 2.45) is 5.73 Å². The van der Waals surface area contributed by atoms with E-state index in [2.05, 4.69) is 14.8 Å². The predicted octanol–water partition coefficient (Wildman–Crippen LogP) is 0.492. The van der Waals surface area contributed by atoms with Gasteiger partial charge in [0, 0.05) is 13.1 Å². The van der Waals surface area contributed by atoms with Gasteiger partial charge < -0.3 is 15.8 Å². The van der Waals surface area contributed by atoms with E-state index in [1.54, 1.807) is 25.1 Å². The van der Waals surface area contributed by atoms with Crippen LogP contribution in [0.2, 0.25) is 0 Å². The molecule has 1 rings (SSSR count). The lowest BCUT2D eigenvalue weighted by atomic mass is 10.3. The summed E-state index contributed by atoms with van der Waals surface area (Å²) in [5, 5.41) is 2.88. The van der Waals surface area contributed by atoms with Crippen LogP contribution in [-0.2, 0) is 14.8 Å². The van der Waals surface area contributed by atoms with Gasteiger partial charge in [-0.1, -0.05) is 19.1 Å². The van der Waals surface area contributed by atoms with E-state index in [4.69, 9.17) is 5.73 Å². The maximum atomic E-state index is 11.9. The summed E-state index contributed by atoms with van der Waals surface area (Å²) in [5.41, 5.74) is 5.26. The van der Waals surface area contributed by atoms with Crippen molar-refractivity contribution in [3.63, 3.8) is 0 Å². The number of anilines is 1. The second-order valence-electron chi connectivity index (χ2n) is 3.59. The van der Waals surface area contributed by atoms with E-state index in [1.165, 1.54) is 6.07 Å². The third kappa shape index (κ3) is 4.76. The lowest BCUT2D eigenvalue weighted by molar-refractivity contribution is 0.161. The average Bonchev–Trinajstić information content (AvgIpc) is 2.35. The molecule has 106 valence electrons. The van der Waals surface area contributed by atoms with Gasteiger partial charge in [0.1, 0.15) is 11.5 Å². The van der Waals surface area contributed by atoms with Crippen LogP contribution in [0.3, 0.4) is 0 Å². The van der Waals surface area contributed by atoms with E-state index >= 15 is 0 Å². The Kier molecular flexibility index (Phi) is 5.58. The zero-order valence-corrected chi connectivity index (χ0v) is 11.4. The summed E-state index contributed by atoms with van der Waals surface area (Å²) in [6.07, 6.45) is -0.865. The highest BCUT2D eigenvalue weighted by molar-refractivity contribution is 7.89. The molecule has 0 saturated heterocycles. The SMILES string of the molecule is CCNS(=O)(=O)c1ccccc1NCCOC(N)=O. The van der Waals surface area contributed by atoms with Crippen LogP contribution in [-0.4, -0.2) is 34.2 Å². The fraction of sp³-hybridized carbons (Fsp3) is 0.364. The van der Waals surface area contributed by atoms with Gasteiger partial charge in [0.15, 0.2) is 0 Å². The Morgan fingerprint density at radius 1 is 1.37 bits per heavy atom. The highest BCUT2D eigenvalue weighted by atomic mass is 32.2. The molecule has 0 fully saturated rings. The molecule has 0 bridgehead atoms. The Balaban J connectivity index is 2.76. The van der Waals surface area contributed by atoms with Gasteiger partial charge in [-0.3, -0.25) is 0 Å². The molecule has 0 aliphatic heterocycles. The van der Waals surface area contributed by atoms with Crippen LogP contribution in [0.4, 0.5) is 10.5 Å². The van der Waals surface area contributed by atoms with Crippen LogP contribution >= 0.6 is 0 Å². The summed E-state index contributed by atoms with van der Waals surface area (Å²) >= 11 is 0. The number of hydrogen-bond acceptors (Lipinski definition) is 5. The summed E-state index contributed by atoms with van der Waals surface area (Å²) in [4.78, 5) is 10.5. The first-order valence-corrected chi connectivity index (χ1v) is 7.20. The Morgan fingerprint density at radius 3 is 2.68 bits per heavy atom. The molecule has 19 heavy (non-hydrogen) atoms. The number of nitrogens with two attached hydrogens (primary N) is 1. The summed E-state index contributed by atoms with van der Waals surface area (Å²) in [6.45, 7) is 2.34. The number of ether oxygens (including phenoxy) is 1. The van der Waals surface area contributed by atoms with Crippen LogP contribution in [0.1, 0.15) is 6.92 Å². The fourth-order valence-electron chi connectivity index (χ4n) is 1.45. The number of carbonyl (C=O) groups is 1. The molecule has 0 aliphatic rings. The van der Waals surface area contributed by atoms with Gasteiger partial charge in [0.25, 0.3) is 0 Å². The van der Waals surface area contributed by atoms with Crippen molar-refractivity contribution in [2.45, 2.75) is 11.8 Å². The molecule has 4 N–H and O–H groups in total. The number of rotatable bonds is 7. The number of para-hydroxylation sites is 1. The van der Waals surface area contributed by atoms with Gasteiger partial charge in [-0.25, -0.2) is 17.9 Å². The zero-order chi connectivity index (χ0) is 14.3. The van der Waals surface area contributed by atoms with Crippen LogP contribution in [0, 0.1) is 0 Å². The van der Waals surface area contributed by atoms with E-state index < -0.39 is 16.1 Å². The molecule has 1 amide bonds. The largest absolute Gasteiger partial charge is 0.448 e. The molecule has 0 heterocycles. The quantitative estimate of drug-likeness (QED) is 0.632. The van der Waals surface area contributed by atoms with Crippen LogP contribution in [0.25, 0.3) is 0 Å². The molecule has 0 unspecified atom stereocenters. The van der Waals surface area contributed by atoms with Gasteiger partial charge in [-0.2, -0.15) is 0 Å². The molecule has 0 aliphatic carbocycles. The van der Waals surface area contributed by atoms with Crippen molar-refractivity contribution in [1.29, 1.82) is 0 Å². The van der Waals surface area contributed by atoms with Gasteiger partial charge in [-0.15, -0.1) is 0 Å². The fourth-order valence-corrected chi connectivity index (χ4v) is 2.68. The first kappa shape index (κ1) is 15.3. The number of primary amides is 1. The second kappa shape index (κ2) is 6.95. The van der Waals surface area contributed by atoms with E-state index in [0.717, 1.165) is 0 Å². The monoisotopic (exact) mass is 287 g/mol. The Labute approximate surface area is 112 Å². The van der Waals surface area contributed by atoms with Crippen LogP contribution in [0.15, 0.2) is 29.2 Å². The molecule has 0 aromatic heterocycles. The summed E-state index contributed by atoms with van der Waals surface area (Å²) in [7, 11) is -3.54. The average molecular weight is 287 g/mol. The Bertz CT molecular complexity index is 530. The normalized spacial score (nSPS) is 11.0. The van der Waals surface area contributed by atoms with Crippen molar-refractivity contribution < 1.29 is 17.9 Å². The molecule has 7 nitrogen and oxygen atoms in total. The molecule has 0 spiro atoms. The maximum absolute atomic E-state index is 11.9. The van der Waals surface area contributed by atoms with Crippen LogP contribution < -0.4 is 15.8 Å². The Hall–Kier alpha value is -1.80. The van der Waals surface area contributed by atoms with E-state index in [9.17, 15) is 13.2 Å². The predicted molar refractivity (Wildman–Crippen MR) is 71.3 cm³/mol. The van der Waals surface area contributed by atoms with Crippen molar-refractivity contribution >= 4 is 21.8 Å². The number of nitrogens with one attached hydrogen (secondary N) is 2. The van der Waals surface area contributed by atoms with Crippen molar-refractivity contribution in [3.8, 4) is 0 Å². The highest BCUT2D eigenvalue weighted by Gasteiger charge is 2.16. The third-order valence-electron chi connectivity index (χ3n) is 2.17. The van der Waals surface area contributed by atoms with Gasteiger partial charge in [0.05, 0.1) is 5.69 Å². The lowest BCUT2D eigenvalue weighted by Crippen LogP contribution is -2.25. The van der Waals surface area contributed by atoms with Crippen LogP contribution in [0.5, 0.6) is 0 Å². The molecule has 1 aromatic carbocycles. The minimum atomic E-state index is -3.54. The van der Waals surface area contributed by atoms with Gasteiger partial charge in [0.2, 0.25) is 10.0 Å². The molecular weight excluding hydrogens is 270 g/mol. The Morgan fingerprint density at radius 2 is 2.05 bits per heavy atom. The standard InChI is InChI=1S/C11H17N3O4S/c1-2-14-19(16,17)10-6-4-3-5-9(10)13-7-8-18-11(12)15/h3-6,13-14H,2,7-8H2,1H3,(H2,12,15). The highest BCUT2D eigenvalue weighted by Crippen LogP contribution is 2.20. The molecule has 8 heteroatoms. The first-order chi connectivity index (χ1) is 8.97. The summed E-state index contributed by atoms with van der Waals surface area (Å²) in [5.74, 6) is 0. The molecule has 1 aromatic rings. The van der Waals surface area contributed by atoms with Crippen molar-refractivity contribution in [1.82, 2.24) is 4.72 Å². The molecule has 0 atom stereocenters. The minimum Gasteiger partial charge on any atom is -0.448 e. The van der Waals surface area contributed by atoms with Crippen molar-refractivity contribution in [2.75, 3.05) is 25.0 Å². The number of benzene rings is 1. The van der Waals surface area contributed by atoms with E-state index in [0.29, 0.717) is 12.2 Å². The maximum Gasteiger partial charge on any atom is 0.404 e. The number of sulfonamides is 1. The molecule has 0 radical (unpaired) electrons. The van der Waals surface area contributed by atoms with Crippen molar-refractivity contribution in [3.05, 3.63) is 24.3 Å². The zero-order valence-electron chi connectivity index (χ0n) is 10.5. The van der Waals surface area contributed by atoms with Gasteiger partial charge in [-0.05, 0) is 12.1 Å². The molecule has 0 saturated carbocycles. The summed E-state index contributed by atoms with van der Waals surface area (Å²) < 4.78 is 30.8. The van der Waals surface area contributed by atoms with E-state index in [-0.39, 0.29) is 18.0 Å². The number of hydrogen-bond donors (Lipinski definition) is 3. The third-order valence-corrected chi connectivity index (χ3v) is 3.78. The number of carbonyl (C=O) groups excluding carboxylic acids is 1. The minimum absolute atomic E-state index is 0.0604. The van der Waals surface area contributed by atoms with Gasteiger partial charge >= 0.3 is 6.09 Å². The topological polar surface area (TPSA) is 111 Å². The number of amides is 1.